The molecule has 3 aromatic rings. The quantitative estimate of drug-likeness (QED) is 0.599. The van der Waals surface area contributed by atoms with Crippen LogP contribution in [-0.4, -0.2) is 0 Å². The van der Waals surface area contributed by atoms with Crippen molar-refractivity contribution >= 4 is 12.2 Å². The minimum atomic E-state index is 0.833. The predicted octanol–water partition coefficient (Wildman–Crippen LogP) is 5.04. The second kappa shape index (κ2) is 6.07. The van der Waals surface area contributed by atoms with Gasteiger partial charge in [0.05, 0.1) is 6.26 Å². The van der Waals surface area contributed by atoms with Gasteiger partial charge in [0.2, 0.25) is 0 Å². The van der Waals surface area contributed by atoms with E-state index < -0.39 is 0 Å². The maximum atomic E-state index is 5.39. The smallest absolute Gasteiger partial charge is 0.108 e. The van der Waals surface area contributed by atoms with Crippen LogP contribution in [0.4, 0.5) is 0 Å². The van der Waals surface area contributed by atoms with Crippen LogP contribution in [0.15, 0.2) is 77.4 Å². The van der Waals surface area contributed by atoms with E-state index in [-0.39, 0.29) is 0 Å². The zero-order valence-corrected chi connectivity index (χ0v) is 11.2. The molecule has 0 aliphatic rings. The Bertz CT molecular complexity index is 679. The van der Waals surface area contributed by atoms with Crippen molar-refractivity contribution in [2.75, 3.05) is 0 Å². The van der Waals surface area contributed by atoms with E-state index in [0.717, 1.165) is 12.2 Å². The minimum Gasteiger partial charge on any atom is -0.469 e. The Kier molecular flexibility index (Phi) is 3.79. The van der Waals surface area contributed by atoms with E-state index in [1.54, 1.807) is 6.26 Å². The highest BCUT2D eigenvalue weighted by Crippen LogP contribution is 2.14. The Morgan fingerprint density at radius 1 is 0.750 bits per heavy atom. The van der Waals surface area contributed by atoms with E-state index in [9.17, 15) is 0 Å². The molecule has 0 unspecified atom stereocenters. The largest absolute Gasteiger partial charge is 0.469 e. The molecule has 1 heterocycles. The fraction of sp³-hybridized carbons (Fsp3) is 0.0526. The normalized spacial score (nSPS) is 11.0. The summed E-state index contributed by atoms with van der Waals surface area (Å²) in [5, 5.41) is 0. The molecule has 0 aliphatic heterocycles. The lowest BCUT2D eigenvalue weighted by Gasteiger charge is -2.00. The summed E-state index contributed by atoms with van der Waals surface area (Å²) in [4.78, 5) is 0. The summed E-state index contributed by atoms with van der Waals surface area (Å²) < 4.78 is 5.39. The van der Waals surface area contributed by atoms with Crippen LogP contribution in [0.3, 0.4) is 0 Å². The third kappa shape index (κ3) is 3.27. The first-order valence-electron chi connectivity index (χ1n) is 6.75. The molecule has 0 spiro atoms. The molecule has 20 heavy (non-hydrogen) atoms. The topological polar surface area (TPSA) is 13.1 Å². The summed E-state index contributed by atoms with van der Waals surface area (Å²) in [6.45, 7) is 0. The lowest BCUT2D eigenvalue weighted by Crippen LogP contribution is -1.86. The second-order valence-corrected chi connectivity index (χ2v) is 4.75. The molecule has 1 heteroatoms. The van der Waals surface area contributed by atoms with Crippen molar-refractivity contribution in [3.05, 3.63) is 95.4 Å². The predicted molar refractivity (Wildman–Crippen MR) is 83.3 cm³/mol. The highest BCUT2D eigenvalue weighted by atomic mass is 16.3. The summed E-state index contributed by atoms with van der Waals surface area (Å²) in [5.41, 5.74) is 3.68. The van der Waals surface area contributed by atoms with Gasteiger partial charge in [-0.1, -0.05) is 66.7 Å². The molecule has 0 amide bonds. The molecule has 0 fully saturated rings. The van der Waals surface area contributed by atoms with Gasteiger partial charge in [0.25, 0.3) is 0 Å². The molecular weight excluding hydrogens is 244 g/mol. The number of furan rings is 1. The molecule has 0 N–H and O–H groups in total. The van der Waals surface area contributed by atoms with Crippen LogP contribution in [0.2, 0.25) is 0 Å². The Balaban J connectivity index is 1.76. The van der Waals surface area contributed by atoms with Crippen LogP contribution in [0.1, 0.15) is 22.5 Å². The molecule has 0 bridgehead atoms. The molecule has 0 saturated heterocycles. The summed E-state index contributed by atoms with van der Waals surface area (Å²) >= 11 is 0. The Morgan fingerprint density at radius 3 is 2.35 bits per heavy atom. The summed E-state index contributed by atoms with van der Waals surface area (Å²) in [5.74, 6) is 0.995. The van der Waals surface area contributed by atoms with Crippen molar-refractivity contribution < 1.29 is 4.42 Å². The van der Waals surface area contributed by atoms with Gasteiger partial charge in [-0.3, -0.25) is 0 Å². The van der Waals surface area contributed by atoms with Crippen molar-refractivity contribution in [2.45, 2.75) is 6.42 Å². The third-order valence-corrected chi connectivity index (χ3v) is 3.18. The molecule has 0 radical (unpaired) electrons. The first-order valence-corrected chi connectivity index (χ1v) is 6.75. The zero-order chi connectivity index (χ0) is 13.6. The number of benzene rings is 2. The van der Waals surface area contributed by atoms with Crippen molar-refractivity contribution in [2.24, 2.45) is 0 Å². The monoisotopic (exact) mass is 260 g/mol. The average molecular weight is 260 g/mol. The van der Waals surface area contributed by atoms with Crippen molar-refractivity contribution in [1.82, 2.24) is 0 Å². The summed E-state index contributed by atoms with van der Waals surface area (Å²) in [6.07, 6.45) is 6.82. The van der Waals surface area contributed by atoms with Crippen LogP contribution >= 0.6 is 0 Å². The molecule has 0 atom stereocenters. The van der Waals surface area contributed by atoms with Crippen molar-refractivity contribution in [3.8, 4) is 0 Å². The highest BCUT2D eigenvalue weighted by molar-refractivity contribution is 5.69. The van der Waals surface area contributed by atoms with E-state index in [1.807, 2.05) is 30.3 Å². The molecule has 1 aromatic heterocycles. The first kappa shape index (κ1) is 12.5. The van der Waals surface area contributed by atoms with Gasteiger partial charge in [-0.15, -0.1) is 0 Å². The summed E-state index contributed by atoms with van der Waals surface area (Å²) in [6, 6.07) is 22.8. The van der Waals surface area contributed by atoms with Gasteiger partial charge in [-0.05, 0) is 28.8 Å². The van der Waals surface area contributed by atoms with Gasteiger partial charge in [0.15, 0.2) is 0 Å². The zero-order valence-electron chi connectivity index (χ0n) is 11.2. The minimum absolute atomic E-state index is 0.833. The lowest BCUT2D eigenvalue weighted by molar-refractivity contribution is 0.521. The average Bonchev–Trinajstić information content (AvgIpc) is 3.00. The van der Waals surface area contributed by atoms with Crippen molar-refractivity contribution in [3.63, 3.8) is 0 Å². The maximum absolute atomic E-state index is 5.39. The Hall–Kier alpha value is -2.54. The highest BCUT2D eigenvalue weighted by Gasteiger charge is 1.99. The molecule has 2 aromatic carbocycles. The molecule has 1 nitrogen and oxygen atoms in total. The van der Waals surface area contributed by atoms with Gasteiger partial charge in [-0.2, -0.15) is 0 Å². The van der Waals surface area contributed by atoms with Crippen LogP contribution in [0.5, 0.6) is 0 Å². The Labute approximate surface area is 119 Å². The second-order valence-electron chi connectivity index (χ2n) is 4.75. The van der Waals surface area contributed by atoms with Gasteiger partial charge >= 0.3 is 0 Å². The fourth-order valence-corrected chi connectivity index (χ4v) is 2.18. The maximum Gasteiger partial charge on any atom is 0.108 e. The van der Waals surface area contributed by atoms with E-state index in [0.29, 0.717) is 0 Å². The van der Waals surface area contributed by atoms with Crippen LogP contribution in [0.25, 0.3) is 12.2 Å². The van der Waals surface area contributed by atoms with Crippen LogP contribution in [0, 0.1) is 0 Å². The van der Waals surface area contributed by atoms with Gasteiger partial charge in [0.1, 0.15) is 5.76 Å². The molecule has 0 saturated carbocycles. The van der Waals surface area contributed by atoms with E-state index in [1.165, 1.54) is 16.7 Å². The molecule has 0 aliphatic carbocycles. The van der Waals surface area contributed by atoms with E-state index >= 15 is 0 Å². The van der Waals surface area contributed by atoms with Gasteiger partial charge < -0.3 is 4.42 Å². The SMILES string of the molecule is C(=C/c1cccc(Cc2ccco2)c1)/c1ccccc1. The van der Waals surface area contributed by atoms with Gasteiger partial charge in [-0.25, -0.2) is 0 Å². The number of hydrogen-bond acceptors (Lipinski definition) is 1. The van der Waals surface area contributed by atoms with Crippen LogP contribution in [-0.2, 0) is 6.42 Å². The van der Waals surface area contributed by atoms with Crippen molar-refractivity contribution in [1.29, 1.82) is 0 Å². The van der Waals surface area contributed by atoms with E-state index in [2.05, 4.69) is 48.6 Å². The molecule has 3 rings (SSSR count). The first-order chi connectivity index (χ1) is 9.90. The van der Waals surface area contributed by atoms with E-state index in [4.69, 9.17) is 4.42 Å². The number of rotatable bonds is 4. The van der Waals surface area contributed by atoms with Gasteiger partial charge in [0, 0.05) is 6.42 Å². The molecule has 98 valence electrons. The number of hydrogen-bond donors (Lipinski definition) is 0. The summed E-state index contributed by atoms with van der Waals surface area (Å²) in [7, 11) is 0. The Morgan fingerprint density at radius 2 is 1.55 bits per heavy atom. The lowest BCUT2D eigenvalue weighted by atomic mass is 10.1. The molecular formula is C19H16O. The van der Waals surface area contributed by atoms with Crippen LogP contribution < -0.4 is 0 Å². The third-order valence-electron chi connectivity index (χ3n) is 3.18. The standard InChI is InChI=1S/C19H16O/c1-2-6-16(7-3-1)11-12-17-8-4-9-18(14-17)15-19-10-5-13-20-19/h1-14H,15H2/b12-11-. The fourth-order valence-electron chi connectivity index (χ4n) is 2.18.